The van der Waals surface area contributed by atoms with Crippen molar-refractivity contribution in [3.8, 4) is 0 Å². The zero-order chi connectivity index (χ0) is 13.3. The molecule has 2 aromatic rings. The summed E-state index contributed by atoms with van der Waals surface area (Å²) in [5.74, 6) is 0.410. The van der Waals surface area contributed by atoms with Crippen LogP contribution in [0.1, 0.15) is 18.2 Å². The van der Waals surface area contributed by atoms with E-state index in [0.29, 0.717) is 22.5 Å². The molecule has 1 aromatic heterocycles. The lowest BCUT2D eigenvalue weighted by atomic mass is 10.0. The highest BCUT2D eigenvalue weighted by molar-refractivity contribution is 6.40. The molecular weight excluding hydrogens is 267 g/mol. The van der Waals surface area contributed by atoms with Gasteiger partial charge in [-0.1, -0.05) is 30.1 Å². The quantitative estimate of drug-likeness (QED) is 0.925. The minimum atomic E-state index is 0.410. The zero-order valence-corrected chi connectivity index (χ0v) is 12.0. The standard InChI is InChI=1S/C14H16Cl2N2/c1-8(7-17)5-10-6-9(2)13-11(15)3-4-12(16)14(13)18-10/h3-4,6,8H,5,7,17H2,1-2H3. The summed E-state index contributed by atoms with van der Waals surface area (Å²) in [5, 5.41) is 2.27. The average molecular weight is 283 g/mol. The summed E-state index contributed by atoms with van der Waals surface area (Å²) in [5.41, 5.74) is 8.55. The first-order valence-electron chi connectivity index (χ1n) is 5.97. The lowest BCUT2D eigenvalue weighted by molar-refractivity contribution is 0.585. The van der Waals surface area contributed by atoms with Crippen LogP contribution in [-0.4, -0.2) is 11.5 Å². The van der Waals surface area contributed by atoms with Crippen molar-refractivity contribution in [3.05, 3.63) is 39.5 Å². The second-order valence-corrected chi connectivity index (χ2v) is 5.54. The van der Waals surface area contributed by atoms with Crippen molar-refractivity contribution in [2.45, 2.75) is 20.3 Å². The first kappa shape index (κ1) is 13.6. The summed E-state index contributed by atoms with van der Waals surface area (Å²) < 4.78 is 0. The van der Waals surface area contributed by atoms with Gasteiger partial charge < -0.3 is 5.73 Å². The van der Waals surface area contributed by atoms with E-state index in [4.69, 9.17) is 28.9 Å². The smallest absolute Gasteiger partial charge is 0.0909 e. The molecule has 0 spiro atoms. The van der Waals surface area contributed by atoms with Gasteiger partial charge in [0.1, 0.15) is 0 Å². The van der Waals surface area contributed by atoms with Crippen LogP contribution in [0.3, 0.4) is 0 Å². The van der Waals surface area contributed by atoms with Gasteiger partial charge in [0.05, 0.1) is 15.6 Å². The molecule has 0 bridgehead atoms. The number of hydrogen-bond acceptors (Lipinski definition) is 2. The Bertz CT molecular complexity index is 582. The number of hydrogen-bond donors (Lipinski definition) is 1. The van der Waals surface area contributed by atoms with Gasteiger partial charge in [0.25, 0.3) is 0 Å². The number of rotatable bonds is 3. The number of halogens is 2. The fraction of sp³-hybridized carbons (Fsp3) is 0.357. The maximum Gasteiger partial charge on any atom is 0.0909 e. The minimum absolute atomic E-state index is 0.410. The summed E-state index contributed by atoms with van der Waals surface area (Å²) in [7, 11) is 0. The predicted octanol–water partition coefficient (Wildman–Crippen LogP) is 3.99. The van der Waals surface area contributed by atoms with Gasteiger partial charge in [0.15, 0.2) is 0 Å². The molecule has 0 aliphatic heterocycles. The van der Waals surface area contributed by atoms with Crippen LogP contribution in [0.15, 0.2) is 18.2 Å². The molecule has 0 fully saturated rings. The normalized spacial score (nSPS) is 12.9. The highest BCUT2D eigenvalue weighted by atomic mass is 35.5. The molecule has 0 saturated heterocycles. The van der Waals surface area contributed by atoms with E-state index in [1.54, 1.807) is 6.07 Å². The molecular formula is C14H16Cl2N2. The lowest BCUT2D eigenvalue weighted by Crippen LogP contribution is -2.14. The Morgan fingerprint density at radius 2 is 1.94 bits per heavy atom. The van der Waals surface area contributed by atoms with Gasteiger partial charge in [-0.2, -0.15) is 0 Å². The number of pyridine rings is 1. The maximum absolute atomic E-state index is 6.20. The monoisotopic (exact) mass is 282 g/mol. The highest BCUT2D eigenvalue weighted by Gasteiger charge is 2.11. The van der Waals surface area contributed by atoms with Gasteiger partial charge in [-0.15, -0.1) is 0 Å². The van der Waals surface area contributed by atoms with Gasteiger partial charge in [0.2, 0.25) is 0 Å². The van der Waals surface area contributed by atoms with Crippen molar-refractivity contribution in [2.75, 3.05) is 6.54 Å². The lowest BCUT2D eigenvalue weighted by Gasteiger charge is -2.12. The summed E-state index contributed by atoms with van der Waals surface area (Å²) in [6, 6.07) is 5.66. The minimum Gasteiger partial charge on any atom is -0.330 e. The highest BCUT2D eigenvalue weighted by Crippen LogP contribution is 2.31. The van der Waals surface area contributed by atoms with E-state index >= 15 is 0 Å². The number of aromatic nitrogens is 1. The van der Waals surface area contributed by atoms with Crippen molar-refractivity contribution in [1.82, 2.24) is 4.98 Å². The summed E-state index contributed by atoms with van der Waals surface area (Å²) in [6.45, 7) is 4.80. The molecule has 18 heavy (non-hydrogen) atoms. The molecule has 0 radical (unpaired) electrons. The Balaban J connectivity index is 2.58. The van der Waals surface area contributed by atoms with E-state index in [1.807, 2.05) is 13.0 Å². The van der Waals surface area contributed by atoms with E-state index in [0.717, 1.165) is 28.6 Å². The SMILES string of the molecule is Cc1cc(CC(C)CN)nc2c(Cl)ccc(Cl)c12. The zero-order valence-electron chi connectivity index (χ0n) is 10.5. The third-order valence-electron chi connectivity index (χ3n) is 3.07. The molecule has 4 heteroatoms. The molecule has 96 valence electrons. The molecule has 0 saturated carbocycles. The largest absolute Gasteiger partial charge is 0.330 e. The Hall–Kier alpha value is -0.830. The molecule has 1 atom stereocenters. The van der Waals surface area contributed by atoms with E-state index in [-0.39, 0.29) is 0 Å². The second-order valence-electron chi connectivity index (χ2n) is 4.73. The predicted molar refractivity (Wildman–Crippen MR) is 78.4 cm³/mol. The van der Waals surface area contributed by atoms with Crippen LogP contribution in [-0.2, 0) is 6.42 Å². The van der Waals surface area contributed by atoms with Gasteiger partial charge in [0, 0.05) is 11.1 Å². The molecule has 2 rings (SSSR count). The molecule has 2 nitrogen and oxygen atoms in total. The van der Waals surface area contributed by atoms with Crippen molar-refractivity contribution in [3.63, 3.8) is 0 Å². The number of nitrogens with two attached hydrogens (primary N) is 1. The van der Waals surface area contributed by atoms with Crippen LogP contribution in [0.2, 0.25) is 10.0 Å². The van der Waals surface area contributed by atoms with Crippen molar-refractivity contribution in [2.24, 2.45) is 11.7 Å². The van der Waals surface area contributed by atoms with Crippen LogP contribution < -0.4 is 5.73 Å². The molecule has 1 unspecified atom stereocenters. The molecule has 0 aliphatic carbocycles. The fourth-order valence-electron chi connectivity index (χ4n) is 2.07. The van der Waals surface area contributed by atoms with Crippen LogP contribution in [0.25, 0.3) is 10.9 Å². The summed E-state index contributed by atoms with van der Waals surface area (Å²) >= 11 is 12.4. The molecule has 1 aromatic carbocycles. The molecule has 0 amide bonds. The Kier molecular flexibility index (Phi) is 4.10. The Morgan fingerprint density at radius 1 is 1.28 bits per heavy atom. The van der Waals surface area contributed by atoms with Gasteiger partial charge >= 0.3 is 0 Å². The van der Waals surface area contributed by atoms with E-state index in [2.05, 4.69) is 18.0 Å². The molecule has 1 heterocycles. The molecule has 0 aliphatic rings. The first-order chi connectivity index (χ1) is 8.52. The van der Waals surface area contributed by atoms with Gasteiger partial charge in [-0.3, -0.25) is 4.98 Å². The van der Waals surface area contributed by atoms with E-state index < -0.39 is 0 Å². The van der Waals surface area contributed by atoms with Crippen molar-refractivity contribution >= 4 is 34.1 Å². The van der Waals surface area contributed by atoms with Gasteiger partial charge in [-0.25, -0.2) is 0 Å². The number of benzene rings is 1. The van der Waals surface area contributed by atoms with Crippen LogP contribution in [0, 0.1) is 12.8 Å². The number of fused-ring (bicyclic) bond motifs is 1. The second kappa shape index (κ2) is 5.43. The number of aryl methyl sites for hydroxylation is 1. The fourth-order valence-corrected chi connectivity index (χ4v) is 2.57. The van der Waals surface area contributed by atoms with E-state index in [9.17, 15) is 0 Å². The van der Waals surface area contributed by atoms with E-state index in [1.165, 1.54) is 0 Å². The van der Waals surface area contributed by atoms with Crippen LogP contribution in [0.4, 0.5) is 0 Å². The Labute approximate surface area is 117 Å². The first-order valence-corrected chi connectivity index (χ1v) is 6.72. The topological polar surface area (TPSA) is 38.9 Å². The van der Waals surface area contributed by atoms with Gasteiger partial charge in [-0.05, 0) is 49.6 Å². The third kappa shape index (κ3) is 2.61. The van der Waals surface area contributed by atoms with Crippen LogP contribution in [0.5, 0.6) is 0 Å². The van der Waals surface area contributed by atoms with Crippen LogP contribution >= 0.6 is 23.2 Å². The Morgan fingerprint density at radius 3 is 2.61 bits per heavy atom. The maximum atomic E-state index is 6.20. The third-order valence-corrected chi connectivity index (χ3v) is 3.69. The average Bonchev–Trinajstić information content (AvgIpc) is 2.33. The molecule has 2 N–H and O–H groups in total. The summed E-state index contributed by atoms with van der Waals surface area (Å²) in [4.78, 5) is 4.61. The number of nitrogens with zero attached hydrogens (tertiary/aromatic N) is 1. The summed E-state index contributed by atoms with van der Waals surface area (Å²) in [6.07, 6.45) is 0.857. The van der Waals surface area contributed by atoms with Crippen molar-refractivity contribution in [1.29, 1.82) is 0 Å². The van der Waals surface area contributed by atoms with Crippen molar-refractivity contribution < 1.29 is 0 Å².